The molecule has 120 valence electrons. The van der Waals surface area contributed by atoms with Crippen molar-refractivity contribution in [3.8, 4) is 0 Å². The maximum atomic E-state index is 12.4. The Morgan fingerprint density at radius 2 is 2.05 bits per heavy atom. The number of hydrogen-bond acceptors (Lipinski definition) is 4. The molecule has 2 atom stereocenters. The first-order valence-corrected chi connectivity index (χ1v) is 8.25. The molecule has 22 heavy (non-hydrogen) atoms. The minimum atomic E-state index is -0.180. The normalized spacial score (nSPS) is 26.4. The van der Waals surface area contributed by atoms with Gasteiger partial charge in [-0.1, -0.05) is 6.07 Å². The van der Waals surface area contributed by atoms with Gasteiger partial charge in [0.2, 0.25) is 5.91 Å². The van der Waals surface area contributed by atoms with E-state index in [2.05, 4.69) is 9.88 Å². The largest absolute Gasteiger partial charge is 0.391 e. The summed E-state index contributed by atoms with van der Waals surface area (Å²) in [5, 5.41) is 10.0. The van der Waals surface area contributed by atoms with Crippen molar-refractivity contribution in [3.63, 3.8) is 0 Å². The molecule has 1 saturated heterocycles. The number of pyridine rings is 1. The zero-order valence-electron chi connectivity index (χ0n) is 13.2. The fourth-order valence-corrected chi connectivity index (χ4v) is 3.54. The van der Waals surface area contributed by atoms with E-state index in [4.69, 9.17) is 0 Å². The fraction of sp³-hybridized carbons (Fsp3) is 0.647. The van der Waals surface area contributed by atoms with Crippen molar-refractivity contribution in [3.05, 3.63) is 29.6 Å². The second-order valence-electron chi connectivity index (χ2n) is 6.47. The SMILES string of the molecule is Cc1ccc(CC(=O)N2CCN([C@H]3CCC[C@H]3O)CC2)cn1. The van der Waals surface area contributed by atoms with Gasteiger partial charge in [-0.3, -0.25) is 14.7 Å². The molecule has 0 spiro atoms. The van der Waals surface area contributed by atoms with E-state index < -0.39 is 0 Å². The first-order chi connectivity index (χ1) is 10.6. The molecule has 5 heteroatoms. The molecule has 1 aromatic rings. The van der Waals surface area contributed by atoms with Crippen molar-refractivity contribution < 1.29 is 9.90 Å². The molecular formula is C17H25N3O2. The molecule has 0 aromatic carbocycles. The Labute approximate surface area is 131 Å². The van der Waals surface area contributed by atoms with E-state index in [1.807, 2.05) is 24.0 Å². The van der Waals surface area contributed by atoms with Gasteiger partial charge in [-0.2, -0.15) is 0 Å². The van der Waals surface area contributed by atoms with Crippen molar-refractivity contribution >= 4 is 5.91 Å². The molecule has 1 N–H and O–H groups in total. The number of aliphatic hydroxyl groups is 1. The number of aliphatic hydroxyl groups excluding tert-OH is 1. The van der Waals surface area contributed by atoms with E-state index in [-0.39, 0.29) is 12.0 Å². The van der Waals surface area contributed by atoms with Crippen LogP contribution in [0.1, 0.15) is 30.5 Å². The summed E-state index contributed by atoms with van der Waals surface area (Å²) in [4.78, 5) is 20.9. The van der Waals surface area contributed by atoms with Gasteiger partial charge < -0.3 is 10.0 Å². The summed E-state index contributed by atoms with van der Waals surface area (Å²) in [7, 11) is 0. The average Bonchev–Trinajstić information content (AvgIpc) is 2.96. The highest BCUT2D eigenvalue weighted by Crippen LogP contribution is 2.25. The lowest BCUT2D eigenvalue weighted by Gasteiger charge is -2.39. The Morgan fingerprint density at radius 3 is 2.64 bits per heavy atom. The van der Waals surface area contributed by atoms with Crippen LogP contribution in [0, 0.1) is 6.92 Å². The lowest BCUT2D eigenvalue weighted by molar-refractivity contribution is -0.132. The molecule has 0 bridgehead atoms. The summed E-state index contributed by atoms with van der Waals surface area (Å²) in [6.45, 7) is 5.23. The Balaban J connectivity index is 1.50. The van der Waals surface area contributed by atoms with E-state index in [1.54, 1.807) is 6.20 Å². The number of carbonyl (C=O) groups excluding carboxylic acids is 1. The molecule has 0 radical (unpaired) electrons. The van der Waals surface area contributed by atoms with E-state index >= 15 is 0 Å². The predicted octanol–water partition coefficient (Wildman–Crippen LogP) is 0.990. The zero-order chi connectivity index (χ0) is 15.5. The van der Waals surface area contributed by atoms with E-state index in [1.165, 1.54) is 0 Å². The maximum absolute atomic E-state index is 12.4. The third-order valence-corrected chi connectivity index (χ3v) is 4.91. The van der Waals surface area contributed by atoms with Crippen LogP contribution in [-0.4, -0.2) is 64.1 Å². The van der Waals surface area contributed by atoms with Gasteiger partial charge in [-0.25, -0.2) is 0 Å². The molecule has 2 heterocycles. The second kappa shape index (κ2) is 6.75. The summed E-state index contributed by atoms with van der Waals surface area (Å²) in [5.41, 5.74) is 1.95. The number of aryl methyl sites for hydroxylation is 1. The number of rotatable bonds is 3. The molecule has 2 aliphatic rings. The fourth-order valence-electron chi connectivity index (χ4n) is 3.54. The topological polar surface area (TPSA) is 56.7 Å². The van der Waals surface area contributed by atoms with E-state index in [0.717, 1.165) is 56.7 Å². The number of piperazine rings is 1. The van der Waals surface area contributed by atoms with Crippen molar-refractivity contribution in [1.82, 2.24) is 14.8 Å². The smallest absolute Gasteiger partial charge is 0.227 e. The highest BCUT2D eigenvalue weighted by molar-refractivity contribution is 5.78. The Hall–Kier alpha value is -1.46. The number of aromatic nitrogens is 1. The molecule has 1 amide bonds. The molecule has 1 aromatic heterocycles. The van der Waals surface area contributed by atoms with Gasteiger partial charge in [-0.15, -0.1) is 0 Å². The van der Waals surface area contributed by atoms with Crippen LogP contribution in [0.15, 0.2) is 18.3 Å². The van der Waals surface area contributed by atoms with Crippen LogP contribution >= 0.6 is 0 Å². The quantitative estimate of drug-likeness (QED) is 0.905. The zero-order valence-corrected chi connectivity index (χ0v) is 13.2. The Morgan fingerprint density at radius 1 is 1.27 bits per heavy atom. The standard InChI is InChI=1S/C17H25N3O2/c1-13-5-6-14(12-18-13)11-17(22)20-9-7-19(8-10-20)15-3-2-4-16(15)21/h5-6,12,15-16,21H,2-4,7-11H2,1H3/t15-,16+/m0/s1. The van der Waals surface area contributed by atoms with Gasteiger partial charge in [0.25, 0.3) is 0 Å². The summed E-state index contributed by atoms with van der Waals surface area (Å²) in [6, 6.07) is 4.23. The molecule has 5 nitrogen and oxygen atoms in total. The van der Waals surface area contributed by atoms with Gasteiger partial charge in [0.15, 0.2) is 0 Å². The van der Waals surface area contributed by atoms with Crippen molar-refractivity contribution in [2.45, 2.75) is 44.8 Å². The highest BCUT2D eigenvalue weighted by atomic mass is 16.3. The molecule has 2 fully saturated rings. The molecular weight excluding hydrogens is 278 g/mol. The second-order valence-corrected chi connectivity index (χ2v) is 6.47. The summed E-state index contributed by atoms with van der Waals surface area (Å²) < 4.78 is 0. The number of hydrogen-bond donors (Lipinski definition) is 1. The van der Waals surface area contributed by atoms with E-state index in [0.29, 0.717) is 12.5 Å². The van der Waals surface area contributed by atoms with Crippen LogP contribution in [0.5, 0.6) is 0 Å². The Kier molecular flexibility index (Phi) is 4.74. The first kappa shape index (κ1) is 15.4. The summed E-state index contributed by atoms with van der Waals surface area (Å²) in [5.74, 6) is 0.178. The van der Waals surface area contributed by atoms with Gasteiger partial charge >= 0.3 is 0 Å². The highest BCUT2D eigenvalue weighted by Gasteiger charge is 2.33. The van der Waals surface area contributed by atoms with Crippen LogP contribution in [0.3, 0.4) is 0 Å². The number of amides is 1. The maximum Gasteiger partial charge on any atom is 0.227 e. The molecule has 3 rings (SSSR count). The van der Waals surface area contributed by atoms with Crippen LogP contribution in [0.2, 0.25) is 0 Å². The molecule has 1 aliphatic carbocycles. The van der Waals surface area contributed by atoms with Crippen molar-refractivity contribution in [2.24, 2.45) is 0 Å². The van der Waals surface area contributed by atoms with Gasteiger partial charge in [0.1, 0.15) is 0 Å². The third-order valence-electron chi connectivity index (χ3n) is 4.91. The Bertz CT molecular complexity index is 509. The lowest BCUT2D eigenvalue weighted by atomic mass is 10.1. The number of carbonyl (C=O) groups is 1. The molecule has 0 unspecified atom stereocenters. The molecule has 1 saturated carbocycles. The molecule has 1 aliphatic heterocycles. The minimum absolute atomic E-state index is 0.178. The van der Waals surface area contributed by atoms with Gasteiger partial charge in [0.05, 0.1) is 12.5 Å². The van der Waals surface area contributed by atoms with Gasteiger partial charge in [-0.05, 0) is 37.8 Å². The van der Waals surface area contributed by atoms with Crippen molar-refractivity contribution in [2.75, 3.05) is 26.2 Å². The third kappa shape index (κ3) is 3.47. The van der Waals surface area contributed by atoms with Crippen LogP contribution < -0.4 is 0 Å². The minimum Gasteiger partial charge on any atom is -0.391 e. The summed E-state index contributed by atoms with van der Waals surface area (Å²) in [6.07, 6.45) is 5.16. The van der Waals surface area contributed by atoms with Crippen LogP contribution in [-0.2, 0) is 11.2 Å². The van der Waals surface area contributed by atoms with Crippen LogP contribution in [0.25, 0.3) is 0 Å². The predicted molar refractivity (Wildman–Crippen MR) is 84.5 cm³/mol. The van der Waals surface area contributed by atoms with E-state index in [9.17, 15) is 9.90 Å². The number of nitrogens with zero attached hydrogens (tertiary/aromatic N) is 3. The van der Waals surface area contributed by atoms with Gasteiger partial charge in [0, 0.05) is 44.1 Å². The lowest BCUT2D eigenvalue weighted by Crippen LogP contribution is -2.53. The summed E-state index contributed by atoms with van der Waals surface area (Å²) >= 11 is 0. The first-order valence-electron chi connectivity index (χ1n) is 8.25. The monoisotopic (exact) mass is 303 g/mol. The van der Waals surface area contributed by atoms with Crippen LogP contribution in [0.4, 0.5) is 0 Å². The van der Waals surface area contributed by atoms with Crippen molar-refractivity contribution in [1.29, 1.82) is 0 Å². The average molecular weight is 303 g/mol.